The standard InChI is InChI=1S/C23H50NO4P/c1-4-5-6-7-8-9-10-11-12-13-14-15-16-19-22-27-29(25,26)28-23-20-17-18-21-24(2)3/h4-23H2,1-3H3,(H,25,26). The molecule has 0 spiro atoms. The van der Waals surface area contributed by atoms with Gasteiger partial charge in [0.1, 0.15) is 0 Å². The van der Waals surface area contributed by atoms with Crippen LogP contribution < -0.4 is 9.79 Å². The largest absolute Gasteiger partial charge is 0.756 e. The molecule has 0 aromatic carbocycles. The molecule has 0 rings (SSSR count). The van der Waals surface area contributed by atoms with Crippen LogP contribution in [0.1, 0.15) is 116 Å². The van der Waals surface area contributed by atoms with Crippen molar-refractivity contribution >= 4 is 7.82 Å². The number of phosphoric ester groups is 1. The third-order valence-corrected chi connectivity index (χ3v) is 6.32. The lowest BCUT2D eigenvalue weighted by atomic mass is 10.0. The zero-order chi connectivity index (χ0) is 21.6. The summed E-state index contributed by atoms with van der Waals surface area (Å²) in [5, 5.41) is 0. The van der Waals surface area contributed by atoms with E-state index in [1.165, 1.54) is 75.5 Å². The SMILES string of the molecule is CCCCCCCCCCCCCCCCOP(=O)([O-])OCCCCC[NH+](C)C. The molecule has 6 heteroatoms. The van der Waals surface area contributed by atoms with Crippen molar-refractivity contribution in [1.82, 2.24) is 0 Å². The summed E-state index contributed by atoms with van der Waals surface area (Å²) in [5.41, 5.74) is 0. The minimum absolute atomic E-state index is 0.238. The van der Waals surface area contributed by atoms with Crippen LogP contribution in [0.4, 0.5) is 0 Å². The third-order valence-electron chi connectivity index (χ3n) is 5.32. The van der Waals surface area contributed by atoms with E-state index >= 15 is 0 Å². The van der Waals surface area contributed by atoms with Crippen molar-refractivity contribution < 1.29 is 23.4 Å². The quantitative estimate of drug-likeness (QED) is 0.175. The van der Waals surface area contributed by atoms with E-state index < -0.39 is 7.82 Å². The summed E-state index contributed by atoms with van der Waals surface area (Å²) in [6.45, 7) is 3.86. The monoisotopic (exact) mass is 435 g/mol. The van der Waals surface area contributed by atoms with Gasteiger partial charge >= 0.3 is 0 Å². The van der Waals surface area contributed by atoms with Gasteiger partial charge in [-0.2, -0.15) is 0 Å². The van der Waals surface area contributed by atoms with Crippen LogP contribution in [0.15, 0.2) is 0 Å². The highest BCUT2D eigenvalue weighted by Crippen LogP contribution is 2.38. The van der Waals surface area contributed by atoms with Crippen LogP contribution in [-0.4, -0.2) is 33.9 Å². The molecule has 1 N–H and O–H groups in total. The molecular formula is C23H50NO4P. The molecule has 0 aliphatic carbocycles. The first-order chi connectivity index (χ1) is 14.0. The highest BCUT2D eigenvalue weighted by Gasteiger charge is 2.08. The Labute approximate surface area is 181 Å². The van der Waals surface area contributed by atoms with E-state index in [0.29, 0.717) is 0 Å². The molecule has 0 radical (unpaired) electrons. The van der Waals surface area contributed by atoms with Crippen LogP contribution in [0.2, 0.25) is 0 Å². The molecule has 5 nitrogen and oxygen atoms in total. The number of rotatable bonds is 23. The second-order valence-corrected chi connectivity index (χ2v) is 10.1. The highest BCUT2D eigenvalue weighted by molar-refractivity contribution is 7.45. The number of hydrogen-bond donors (Lipinski definition) is 1. The van der Waals surface area contributed by atoms with Crippen LogP contribution >= 0.6 is 7.82 Å². The van der Waals surface area contributed by atoms with Gasteiger partial charge in [0, 0.05) is 0 Å². The lowest BCUT2D eigenvalue weighted by molar-refractivity contribution is -0.858. The van der Waals surface area contributed by atoms with E-state index in [9.17, 15) is 9.46 Å². The van der Waals surface area contributed by atoms with E-state index in [1.807, 2.05) is 0 Å². The van der Waals surface area contributed by atoms with Crippen LogP contribution in [0.25, 0.3) is 0 Å². The minimum Gasteiger partial charge on any atom is -0.756 e. The van der Waals surface area contributed by atoms with Gasteiger partial charge in [-0.3, -0.25) is 4.57 Å². The lowest BCUT2D eigenvalue weighted by Gasteiger charge is -2.22. The summed E-state index contributed by atoms with van der Waals surface area (Å²) < 4.78 is 21.6. The topological polar surface area (TPSA) is 63.0 Å². The molecule has 176 valence electrons. The van der Waals surface area contributed by atoms with Crippen molar-refractivity contribution in [3.8, 4) is 0 Å². The first-order valence-electron chi connectivity index (χ1n) is 12.4. The van der Waals surface area contributed by atoms with Gasteiger partial charge in [-0.25, -0.2) is 0 Å². The Morgan fingerprint density at radius 3 is 1.34 bits per heavy atom. The molecule has 0 bridgehead atoms. The second kappa shape index (κ2) is 21.3. The first kappa shape index (κ1) is 29.1. The summed E-state index contributed by atoms with van der Waals surface area (Å²) in [4.78, 5) is 13.1. The zero-order valence-corrected chi connectivity index (χ0v) is 20.6. The Hall–Kier alpha value is 0.0700. The van der Waals surface area contributed by atoms with Crippen LogP contribution in [0, 0.1) is 0 Å². The number of unbranched alkanes of at least 4 members (excludes halogenated alkanes) is 15. The van der Waals surface area contributed by atoms with Gasteiger partial charge in [0.2, 0.25) is 0 Å². The smallest absolute Gasteiger partial charge is 0.267 e. The Bertz CT molecular complexity index is 380. The number of quaternary nitrogens is 1. The van der Waals surface area contributed by atoms with E-state index in [0.717, 1.165) is 45.1 Å². The highest BCUT2D eigenvalue weighted by atomic mass is 31.2. The van der Waals surface area contributed by atoms with E-state index in [1.54, 1.807) is 0 Å². The normalized spacial score (nSPS) is 13.8. The fraction of sp³-hybridized carbons (Fsp3) is 1.00. The van der Waals surface area contributed by atoms with Crippen molar-refractivity contribution in [2.75, 3.05) is 33.9 Å². The Kier molecular flexibility index (Phi) is 21.4. The maximum absolute atomic E-state index is 11.7. The average molecular weight is 436 g/mol. The molecule has 1 unspecified atom stereocenters. The molecule has 0 saturated heterocycles. The van der Waals surface area contributed by atoms with E-state index in [-0.39, 0.29) is 13.2 Å². The molecule has 0 aromatic rings. The molecule has 0 heterocycles. The fourth-order valence-corrected chi connectivity index (χ4v) is 4.22. The third kappa shape index (κ3) is 24.2. The van der Waals surface area contributed by atoms with Gasteiger partial charge in [0.05, 0.1) is 33.9 Å². The van der Waals surface area contributed by atoms with E-state index in [2.05, 4.69) is 21.0 Å². The van der Waals surface area contributed by atoms with E-state index in [4.69, 9.17) is 9.05 Å². The maximum atomic E-state index is 11.7. The summed E-state index contributed by atoms with van der Waals surface area (Å²) in [6, 6.07) is 0. The molecule has 0 amide bonds. The van der Waals surface area contributed by atoms with Gasteiger partial charge in [-0.1, -0.05) is 90.4 Å². The van der Waals surface area contributed by atoms with Crippen LogP contribution in [0.5, 0.6) is 0 Å². The Morgan fingerprint density at radius 2 is 0.966 bits per heavy atom. The van der Waals surface area contributed by atoms with Crippen molar-refractivity contribution in [3.05, 3.63) is 0 Å². The Balaban J connectivity index is 3.29. The molecule has 0 fully saturated rings. The first-order valence-corrected chi connectivity index (χ1v) is 13.8. The van der Waals surface area contributed by atoms with Gasteiger partial charge in [-0.05, 0) is 25.7 Å². The number of hydrogen-bond acceptors (Lipinski definition) is 4. The maximum Gasteiger partial charge on any atom is 0.267 e. The van der Waals surface area contributed by atoms with Crippen molar-refractivity contribution in [2.45, 2.75) is 116 Å². The zero-order valence-electron chi connectivity index (χ0n) is 19.7. The summed E-state index contributed by atoms with van der Waals surface area (Å²) in [5.74, 6) is 0. The van der Waals surface area contributed by atoms with Crippen LogP contribution in [-0.2, 0) is 13.6 Å². The lowest BCUT2D eigenvalue weighted by Crippen LogP contribution is -3.05. The predicted molar refractivity (Wildman–Crippen MR) is 121 cm³/mol. The van der Waals surface area contributed by atoms with Gasteiger partial charge < -0.3 is 18.8 Å². The molecule has 1 atom stereocenters. The van der Waals surface area contributed by atoms with Crippen LogP contribution in [0.3, 0.4) is 0 Å². The summed E-state index contributed by atoms with van der Waals surface area (Å²) in [6.07, 6.45) is 20.8. The predicted octanol–water partition coefficient (Wildman–Crippen LogP) is 5.28. The number of phosphoric acid groups is 1. The molecular weight excluding hydrogens is 385 g/mol. The second-order valence-electron chi connectivity index (χ2n) is 8.73. The molecule has 0 saturated carbocycles. The fourth-order valence-electron chi connectivity index (χ4n) is 3.44. The van der Waals surface area contributed by atoms with Gasteiger partial charge in [0.25, 0.3) is 7.82 Å². The van der Waals surface area contributed by atoms with Crippen molar-refractivity contribution in [2.24, 2.45) is 0 Å². The van der Waals surface area contributed by atoms with Gasteiger partial charge in [0.15, 0.2) is 0 Å². The molecule has 0 aliphatic heterocycles. The average Bonchev–Trinajstić information content (AvgIpc) is 2.67. The van der Waals surface area contributed by atoms with Crippen molar-refractivity contribution in [1.29, 1.82) is 0 Å². The van der Waals surface area contributed by atoms with Gasteiger partial charge in [-0.15, -0.1) is 0 Å². The minimum atomic E-state index is -4.10. The summed E-state index contributed by atoms with van der Waals surface area (Å²) in [7, 11) is 0.135. The molecule has 0 aliphatic rings. The summed E-state index contributed by atoms with van der Waals surface area (Å²) >= 11 is 0. The molecule has 29 heavy (non-hydrogen) atoms. The number of nitrogens with one attached hydrogen (secondary N) is 1. The Morgan fingerprint density at radius 1 is 0.621 bits per heavy atom. The van der Waals surface area contributed by atoms with Crippen molar-refractivity contribution in [3.63, 3.8) is 0 Å². The molecule has 0 aromatic heterocycles.